The Morgan fingerprint density at radius 3 is 2.07 bits per heavy atom. The van der Waals surface area contributed by atoms with Gasteiger partial charge in [0.1, 0.15) is 11.5 Å². The van der Waals surface area contributed by atoms with Crippen LogP contribution in [0.25, 0.3) is 6.08 Å². The lowest BCUT2D eigenvalue weighted by Gasteiger charge is -2.15. The molecule has 0 aliphatic carbocycles. The van der Waals surface area contributed by atoms with Gasteiger partial charge in [-0.1, -0.05) is 36.4 Å². The summed E-state index contributed by atoms with van der Waals surface area (Å²) in [6, 6.07) is 24.7. The van der Waals surface area contributed by atoms with Crippen molar-refractivity contribution in [1.82, 2.24) is 0 Å². The summed E-state index contributed by atoms with van der Waals surface area (Å²) in [5.41, 5.74) is 2.38. The molecule has 3 aromatic rings. The summed E-state index contributed by atoms with van der Waals surface area (Å²) in [5.74, 6) is 1.20. The number of methoxy groups -OCH3 is 2. The number of carbonyl (C=O) groups excluding carboxylic acids is 1. The van der Waals surface area contributed by atoms with Crippen LogP contribution < -0.4 is 14.4 Å². The lowest BCUT2D eigenvalue weighted by molar-refractivity contribution is -0.113. The molecule has 1 fully saturated rings. The molecule has 1 aliphatic heterocycles. The molecule has 5 nitrogen and oxygen atoms in total. The summed E-state index contributed by atoms with van der Waals surface area (Å²) in [6.45, 7) is 0. The molecule has 1 heterocycles. The minimum Gasteiger partial charge on any atom is -0.497 e. The van der Waals surface area contributed by atoms with Crippen LogP contribution >= 0.6 is 11.8 Å². The maximum atomic E-state index is 13.3. The highest BCUT2D eigenvalue weighted by Gasteiger charge is 2.34. The van der Waals surface area contributed by atoms with Crippen LogP contribution in [-0.4, -0.2) is 25.3 Å². The van der Waals surface area contributed by atoms with E-state index >= 15 is 0 Å². The number of carbonyl (C=O) groups is 1. The van der Waals surface area contributed by atoms with Crippen molar-refractivity contribution in [3.63, 3.8) is 0 Å². The number of para-hydroxylation sites is 2. The van der Waals surface area contributed by atoms with Gasteiger partial charge in [-0.3, -0.25) is 9.69 Å². The van der Waals surface area contributed by atoms with Crippen LogP contribution in [0, 0.1) is 0 Å². The number of thioether (sulfide) groups is 1. The van der Waals surface area contributed by atoms with E-state index in [-0.39, 0.29) is 5.91 Å². The van der Waals surface area contributed by atoms with Crippen LogP contribution in [0.5, 0.6) is 11.5 Å². The summed E-state index contributed by atoms with van der Waals surface area (Å²) >= 11 is 1.34. The Morgan fingerprint density at radius 2 is 1.47 bits per heavy atom. The molecule has 1 saturated heterocycles. The molecule has 0 radical (unpaired) electrons. The Labute approximate surface area is 179 Å². The van der Waals surface area contributed by atoms with Crippen LogP contribution in [0.1, 0.15) is 5.56 Å². The molecule has 0 aromatic heterocycles. The summed E-state index contributed by atoms with van der Waals surface area (Å²) in [6.07, 6.45) is 1.83. The van der Waals surface area contributed by atoms with E-state index in [0.717, 1.165) is 16.9 Å². The Bertz CT molecular complexity index is 1090. The molecular formula is C24H20N2O3S. The Kier molecular flexibility index (Phi) is 5.86. The lowest BCUT2D eigenvalue weighted by Crippen LogP contribution is -2.28. The summed E-state index contributed by atoms with van der Waals surface area (Å²) in [5, 5.41) is 0.610. The van der Waals surface area contributed by atoms with Crippen molar-refractivity contribution in [2.75, 3.05) is 19.1 Å². The second-order valence-electron chi connectivity index (χ2n) is 6.46. The maximum Gasteiger partial charge on any atom is 0.271 e. The zero-order valence-electron chi connectivity index (χ0n) is 16.6. The molecule has 150 valence electrons. The standard InChI is InChI=1S/C24H20N2O3S/c1-28-20-13-17(14-21(16-20)29-2)15-22-23(27)26(19-11-7-4-8-12-19)24(30-22)25-18-9-5-3-6-10-18/h3-16H,1-2H3/b22-15+,25-24?. The molecule has 0 unspecified atom stereocenters. The number of amides is 1. The number of hydrogen-bond donors (Lipinski definition) is 0. The van der Waals surface area contributed by atoms with Gasteiger partial charge in [0.2, 0.25) is 0 Å². The Morgan fingerprint density at radius 1 is 0.867 bits per heavy atom. The average Bonchev–Trinajstić information content (AvgIpc) is 3.09. The molecule has 1 amide bonds. The first-order valence-corrected chi connectivity index (χ1v) is 10.2. The van der Waals surface area contributed by atoms with E-state index in [2.05, 4.69) is 0 Å². The van der Waals surface area contributed by atoms with E-state index < -0.39 is 0 Å². The molecule has 4 rings (SSSR count). The van der Waals surface area contributed by atoms with E-state index in [1.54, 1.807) is 25.2 Å². The number of anilines is 1. The molecular weight excluding hydrogens is 396 g/mol. The molecule has 0 spiro atoms. The van der Waals surface area contributed by atoms with Gasteiger partial charge in [-0.15, -0.1) is 0 Å². The number of ether oxygens (including phenoxy) is 2. The highest BCUT2D eigenvalue weighted by atomic mass is 32.2. The molecule has 0 saturated carbocycles. The molecule has 30 heavy (non-hydrogen) atoms. The molecule has 3 aromatic carbocycles. The SMILES string of the molecule is COc1cc(/C=C2/SC(=Nc3ccccc3)N(c3ccccc3)C2=O)cc(OC)c1. The van der Waals surface area contributed by atoms with Gasteiger partial charge in [0.05, 0.1) is 30.5 Å². The smallest absolute Gasteiger partial charge is 0.271 e. The van der Waals surface area contributed by atoms with Gasteiger partial charge in [0.25, 0.3) is 5.91 Å². The largest absolute Gasteiger partial charge is 0.497 e. The van der Waals surface area contributed by atoms with Crippen LogP contribution in [0.15, 0.2) is 88.8 Å². The van der Waals surface area contributed by atoms with E-state index in [4.69, 9.17) is 14.5 Å². The number of amidine groups is 1. The minimum absolute atomic E-state index is 0.123. The van der Waals surface area contributed by atoms with Crippen molar-refractivity contribution >= 4 is 40.3 Å². The number of hydrogen-bond acceptors (Lipinski definition) is 5. The van der Waals surface area contributed by atoms with E-state index in [0.29, 0.717) is 21.6 Å². The fraction of sp³-hybridized carbons (Fsp3) is 0.0833. The van der Waals surface area contributed by atoms with Crippen molar-refractivity contribution in [3.8, 4) is 11.5 Å². The number of nitrogens with zero attached hydrogens (tertiary/aromatic N) is 2. The fourth-order valence-electron chi connectivity index (χ4n) is 3.03. The maximum absolute atomic E-state index is 13.3. The minimum atomic E-state index is -0.123. The van der Waals surface area contributed by atoms with Crippen molar-refractivity contribution in [2.45, 2.75) is 0 Å². The third kappa shape index (κ3) is 4.23. The Balaban J connectivity index is 1.77. The van der Waals surface area contributed by atoms with Crippen LogP contribution in [-0.2, 0) is 4.79 Å². The first kappa shape index (κ1) is 19.8. The van der Waals surface area contributed by atoms with Crippen molar-refractivity contribution in [1.29, 1.82) is 0 Å². The normalized spacial score (nSPS) is 16.3. The highest BCUT2D eigenvalue weighted by molar-refractivity contribution is 8.19. The predicted molar refractivity (Wildman–Crippen MR) is 123 cm³/mol. The highest BCUT2D eigenvalue weighted by Crippen LogP contribution is 2.38. The average molecular weight is 417 g/mol. The first-order valence-electron chi connectivity index (χ1n) is 9.34. The molecule has 1 aliphatic rings. The third-order valence-corrected chi connectivity index (χ3v) is 5.44. The van der Waals surface area contributed by atoms with Crippen molar-refractivity contribution < 1.29 is 14.3 Å². The van der Waals surface area contributed by atoms with Gasteiger partial charge in [0.15, 0.2) is 5.17 Å². The van der Waals surface area contributed by atoms with E-state index in [9.17, 15) is 4.79 Å². The van der Waals surface area contributed by atoms with Crippen LogP contribution in [0.4, 0.5) is 11.4 Å². The molecule has 6 heteroatoms. The lowest BCUT2D eigenvalue weighted by atomic mass is 10.1. The monoisotopic (exact) mass is 416 g/mol. The number of rotatable bonds is 5. The molecule has 0 bridgehead atoms. The summed E-state index contributed by atoms with van der Waals surface area (Å²) < 4.78 is 10.7. The zero-order chi connectivity index (χ0) is 20.9. The van der Waals surface area contributed by atoms with Crippen LogP contribution in [0.3, 0.4) is 0 Å². The topological polar surface area (TPSA) is 51.1 Å². The van der Waals surface area contributed by atoms with Gasteiger partial charge in [-0.25, -0.2) is 4.99 Å². The summed E-state index contributed by atoms with van der Waals surface area (Å²) in [4.78, 5) is 20.2. The van der Waals surface area contributed by atoms with Crippen molar-refractivity contribution in [2.24, 2.45) is 4.99 Å². The van der Waals surface area contributed by atoms with Gasteiger partial charge < -0.3 is 9.47 Å². The quantitative estimate of drug-likeness (QED) is 0.515. The second kappa shape index (κ2) is 8.88. The first-order chi connectivity index (χ1) is 14.7. The molecule has 0 atom stereocenters. The fourth-order valence-corrected chi connectivity index (χ4v) is 4.03. The van der Waals surface area contributed by atoms with Crippen LogP contribution in [0.2, 0.25) is 0 Å². The second-order valence-corrected chi connectivity index (χ2v) is 7.47. The zero-order valence-corrected chi connectivity index (χ0v) is 17.4. The number of benzene rings is 3. The van der Waals surface area contributed by atoms with Gasteiger partial charge in [-0.05, 0) is 59.8 Å². The third-order valence-electron chi connectivity index (χ3n) is 4.47. The van der Waals surface area contributed by atoms with Gasteiger partial charge >= 0.3 is 0 Å². The summed E-state index contributed by atoms with van der Waals surface area (Å²) in [7, 11) is 3.20. The van der Waals surface area contributed by atoms with Gasteiger partial charge in [0, 0.05) is 6.07 Å². The Hall–Kier alpha value is -3.51. The molecule has 0 N–H and O–H groups in total. The van der Waals surface area contributed by atoms with Gasteiger partial charge in [-0.2, -0.15) is 0 Å². The van der Waals surface area contributed by atoms with E-state index in [1.165, 1.54) is 11.8 Å². The van der Waals surface area contributed by atoms with E-state index in [1.807, 2.05) is 78.9 Å². The predicted octanol–water partition coefficient (Wildman–Crippen LogP) is 5.51. The number of aliphatic imine (C=N–C) groups is 1. The van der Waals surface area contributed by atoms with Crippen molar-refractivity contribution in [3.05, 3.63) is 89.3 Å².